The van der Waals surface area contributed by atoms with Gasteiger partial charge in [0.1, 0.15) is 48.0 Å². The molecule has 12 atom stereocenters. The van der Waals surface area contributed by atoms with Crippen LogP contribution in [0, 0.1) is 28.6 Å². The van der Waals surface area contributed by atoms with Crippen LogP contribution in [0.2, 0.25) is 0 Å². The predicted octanol–water partition coefficient (Wildman–Crippen LogP) is 6.97. The summed E-state index contributed by atoms with van der Waals surface area (Å²) < 4.78 is 73.0. The van der Waals surface area contributed by atoms with Gasteiger partial charge in [-0.1, -0.05) is 156 Å². The number of hydrogen-bond donors (Lipinski definition) is 8. The van der Waals surface area contributed by atoms with Crippen LogP contribution in [0.4, 0.5) is 0 Å². The number of ether oxygens (including phenoxy) is 2. The topological polar surface area (TPSA) is 391 Å². The third-order valence-corrected chi connectivity index (χ3v) is 27.3. The molecule has 10 bridgehead atoms. The Morgan fingerprint density at radius 3 is 1.40 bits per heavy atom. The van der Waals surface area contributed by atoms with Gasteiger partial charge < -0.3 is 51.2 Å². The standard InChI is InChI=1S/C89H113N13O16S2/c1-53(90-9)80(105)94-78(88(3,4)5)86(111)100-49-59-17-15-16-38-117-68-30-24-55(25-31-68)39-64(82(107)97-119(113,114)70-34-35-70)47-77(104)73(44-58-23-29-61-19-12-14-21-63(61)42-58)93-85(110)75-48-67(51-101(75)87(112)79(89(6,7)8)95-81(106)54(2)91-10)102-50-66(96-99-102)52-118-69-32-26-56(27-33-69)40-65(83(108)98-120(115,116)71-36-37-71)46-76(103)72(92-84(109)74(100)45-59)43-57-22-28-60-18-11-13-20-62(60)41-57/h11-14,18-33,41-42,50,53-54,59,64-65,67,70-75,78-79,90-91H,15-17,34-40,43-49,51-52H2,1-10H3,(H,92,109)(H,93,110)(H,94,105)(H,95,106)(H,97,107)(H,98,108)/t53-,54-,59-,64+,65+,67-,72-,73?,74-,75-,78+,79+/m0/s1. The highest BCUT2D eigenvalue weighted by molar-refractivity contribution is 7.91. The van der Waals surface area contributed by atoms with Crippen molar-refractivity contribution in [1.82, 2.24) is 66.1 Å². The fourth-order valence-corrected chi connectivity index (χ4v) is 18.6. The molecule has 31 heteroatoms. The van der Waals surface area contributed by atoms with E-state index in [-0.39, 0.29) is 70.7 Å². The van der Waals surface area contributed by atoms with Gasteiger partial charge in [0.05, 0.1) is 53.5 Å². The fraction of sp³-hybridized carbons (Fsp3) is 0.506. The Balaban J connectivity index is 0.884. The predicted molar refractivity (Wildman–Crippen MR) is 452 cm³/mol. The molecule has 120 heavy (non-hydrogen) atoms. The van der Waals surface area contributed by atoms with E-state index in [0.717, 1.165) is 21.5 Å². The first kappa shape index (κ1) is 88.8. The van der Waals surface area contributed by atoms with Crippen molar-refractivity contribution in [1.29, 1.82) is 0 Å². The van der Waals surface area contributed by atoms with Crippen molar-refractivity contribution >= 4 is 100 Å². The number of fused-ring (bicyclic) bond motifs is 2. The van der Waals surface area contributed by atoms with Crippen molar-refractivity contribution in [2.24, 2.45) is 28.6 Å². The highest BCUT2D eigenvalue weighted by Crippen LogP contribution is 2.36. The number of hydrogen-bond acceptors (Lipinski definition) is 20. The molecule has 29 nitrogen and oxygen atoms in total. The Labute approximate surface area is 701 Å². The van der Waals surface area contributed by atoms with Crippen molar-refractivity contribution in [3.8, 4) is 11.5 Å². The van der Waals surface area contributed by atoms with Crippen molar-refractivity contribution in [3.63, 3.8) is 0 Å². The highest BCUT2D eigenvalue weighted by atomic mass is 32.2. The van der Waals surface area contributed by atoms with Crippen molar-refractivity contribution < 1.29 is 74.3 Å². The van der Waals surface area contributed by atoms with Gasteiger partial charge in [-0.3, -0.25) is 57.4 Å². The Morgan fingerprint density at radius 1 is 0.525 bits per heavy atom. The first-order chi connectivity index (χ1) is 57.0. The van der Waals surface area contributed by atoms with E-state index in [1.54, 1.807) is 103 Å². The molecule has 6 aliphatic heterocycles. The summed E-state index contributed by atoms with van der Waals surface area (Å²) >= 11 is 0. The zero-order valence-electron chi connectivity index (χ0n) is 69.9. The molecule has 4 fully saturated rings. The number of likely N-dealkylation sites (N-methyl/N-ethyl adjacent to an activating group) is 2. The van der Waals surface area contributed by atoms with Crippen LogP contribution in [0.15, 0.2) is 140 Å². The van der Waals surface area contributed by atoms with E-state index < -0.39 is 179 Å². The summed E-state index contributed by atoms with van der Waals surface area (Å²) in [5, 5.41) is 28.7. The molecule has 7 heterocycles. The largest absolute Gasteiger partial charge is 0.494 e. The highest BCUT2D eigenvalue weighted by Gasteiger charge is 2.50. The van der Waals surface area contributed by atoms with Crippen LogP contribution in [0.3, 0.4) is 0 Å². The van der Waals surface area contributed by atoms with E-state index in [0.29, 0.717) is 84.4 Å². The van der Waals surface area contributed by atoms with E-state index in [1.807, 2.05) is 106 Å². The van der Waals surface area contributed by atoms with E-state index in [2.05, 4.69) is 51.7 Å². The summed E-state index contributed by atoms with van der Waals surface area (Å²) in [5.74, 6) is -8.38. The summed E-state index contributed by atoms with van der Waals surface area (Å²) in [7, 11) is -5.03. The van der Waals surface area contributed by atoms with E-state index >= 15 is 28.8 Å². The minimum atomic E-state index is -4.13. The van der Waals surface area contributed by atoms with Gasteiger partial charge in [0, 0.05) is 44.2 Å². The molecule has 8 N–H and O–H groups in total. The van der Waals surface area contributed by atoms with Gasteiger partial charge in [0.25, 0.3) is 0 Å². The van der Waals surface area contributed by atoms with Gasteiger partial charge in [0.2, 0.25) is 67.3 Å². The number of nitrogens with one attached hydrogen (secondary N) is 8. The van der Waals surface area contributed by atoms with Crippen molar-refractivity contribution in [2.45, 2.75) is 223 Å². The molecular formula is C89H113N13O16S2. The zero-order chi connectivity index (χ0) is 86.1. The molecule has 2 saturated carbocycles. The van der Waals surface area contributed by atoms with Crippen LogP contribution in [-0.4, -0.2) is 193 Å². The summed E-state index contributed by atoms with van der Waals surface area (Å²) in [6.07, 6.45) is 3.34. The summed E-state index contributed by atoms with van der Waals surface area (Å²) in [4.78, 5) is 152. The Kier molecular flexibility index (Phi) is 28.2. The Hall–Kier alpha value is -10.5. The minimum Gasteiger partial charge on any atom is -0.494 e. The summed E-state index contributed by atoms with van der Waals surface area (Å²) in [6.45, 7) is 14.2. The maximum atomic E-state index is 15.6. The molecule has 15 rings (SSSR count). The zero-order valence-corrected chi connectivity index (χ0v) is 71.5. The van der Waals surface area contributed by atoms with E-state index in [9.17, 15) is 36.0 Å². The van der Waals surface area contributed by atoms with E-state index in [4.69, 9.17) is 9.47 Å². The van der Waals surface area contributed by atoms with Crippen LogP contribution in [-0.2, 0) is 100 Å². The average Bonchev–Trinajstić information content (AvgIpc) is 1.63. The Morgan fingerprint density at radius 2 is 0.958 bits per heavy atom. The smallest absolute Gasteiger partial charge is 0.246 e. The summed E-state index contributed by atoms with van der Waals surface area (Å²) in [5.41, 5.74) is 0.961. The molecule has 2 saturated heterocycles. The maximum absolute atomic E-state index is 15.6. The third kappa shape index (κ3) is 22.8. The second-order valence-corrected chi connectivity index (χ2v) is 39.1. The van der Waals surface area contributed by atoms with Crippen LogP contribution in [0.5, 0.6) is 11.5 Å². The number of sulfonamides is 2. The van der Waals surface area contributed by atoms with Crippen LogP contribution >= 0.6 is 0 Å². The van der Waals surface area contributed by atoms with Gasteiger partial charge in [-0.05, 0) is 190 Å². The first-order valence-corrected chi connectivity index (χ1v) is 44.7. The number of likely N-dealkylation sites (tertiary alicyclic amines) is 2. The quantitative estimate of drug-likeness (QED) is 0.0430. The Bertz CT molecular complexity index is 5180. The second kappa shape index (κ2) is 38.1. The number of ketones is 2. The van der Waals surface area contributed by atoms with Crippen LogP contribution in [0.25, 0.3) is 21.5 Å². The second-order valence-electron chi connectivity index (χ2n) is 35.2. The molecule has 1 aromatic heterocycles. The van der Waals surface area contributed by atoms with Gasteiger partial charge in [0.15, 0.2) is 11.6 Å². The molecule has 0 spiro atoms. The number of rotatable bonds is 18. The lowest BCUT2D eigenvalue weighted by Gasteiger charge is -2.36. The first-order valence-electron chi connectivity index (χ1n) is 41.6. The average molecular weight is 1690 g/mol. The molecule has 0 radical (unpaired) electrons. The van der Waals surface area contributed by atoms with Gasteiger partial charge in [-0.25, -0.2) is 21.5 Å². The normalized spacial score (nSPS) is 22.8. The van der Waals surface area contributed by atoms with Crippen LogP contribution in [0.1, 0.15) is 160 Å². The lowest BCUT2D eigenvalue weighted by atomic mass is 9.85. The number of carbonyl (C=O) groups excluding carboxylic acids is 10. The number of amides is 8. The SMILES string of the molecule is CN[C@@H](C)C(=O)N[C@H](C(=O)N1C[C@@H]2C[C@H]1C(=O)NC(Cc1ccc3ccccc3c1)C(=O)C[C@H](C(=O)NS(=O)(=O)C1CC1)Cc1ccc(cc1)OCCCC[C@H]1C[C@@H](C(=O)N[C@@H](Cc3ccc4ccccc4c3)C(=O)C[C@H](C(=O)NS(=O)(=O)C3CC3)Cc3ccc(cc3)OCc3cn2nn3)N(C(=O)[C@@H](NC(=O)[C@H](C)NC)C(C)(C)C)C1)C(C)(C)C. The molecule has 8 amide bonds. The molecule has 7 aromatic rings. The van der Waals surface area contributed by atoms with Gasteiger partial charge in [-0.2, -0.15) is 0 Å². The van der Waals surface area contributed by atoms with Gasteiger partial charge in [-0.15, -0.1) is 5.10 Å². The number of aromatic nitrogens is 3. The number of Topliss-reactive ketones (excluding diaryl/α,β-unsaturated/α-hetero) is 2. The number of benzene rings is 6. The monoisotopic (exact) mass is 1680 g/mol. The molecular weight excluding hydrogens is 1570 g/mol. The third-order valence-electron chi connectivity index (χ3n) is 23.7. The van der Waals surface area contributed by atoms with E-state index in [1.165, 1.54) is 14.5 Å². The van der Waals surface area contributed by atoms with Crippen LogP contribution < -0.4 is 50.8 Å². The number of carbonyl (C=O) groups is 10. The van der Waals surface area contributed by atoms with Crippen molar-refractivity contribution in [2.75, 3.05) is 33.8 Å². The molecule has 2 aliphatic carbocycles. The lowest BCUT2D eigenvalue weighted by molar-refractivity contribution is -0.144. The molecule has 6 aromatic carbocycles. The van der Waals surface area contributed by atoms with Gasteiger partial charge >= 0.3 is 0 Å². The molecule has 8 aliphatic rings. The number of nitrogens with zero attached hydrogens (tertiary/aromatic N) is 5. The maximum Gasteiger partial charge on any atom is 0.246 e. The minimum absolute atomic E-state index is 0.0505. The summed E-state index contributed by atoms with van der Waals surface area (Å²) in [6, 6.07) is 30.5. The molecule has 1 unspecified atom stereocenters. The molecule has 642 valence electrons. The van der Waals surface area contributed by atoms with Crippen molar-refractivity contribution in [3.05, 3.63) is 168 Å². The fourth-order valence-electron chi connectivity index (χ4n) is 15.9. The lowest BCUT2D eigenvalue weighted by Crippen LogP contribution is -2.60.